The van der Waals surface area contributed by atoms with E-state index >= 15 is 0 Å². The number of piperidine rings is 1. The van der Waals surface area contributed by atoms with E-state index < -0.39 is 0 Å². The molecule has 1 amide bonds. The van der Waals surface area contributed by atoms with Crippen LogP contribution in [-0.4, -0.2) is 28.5 Å². The zero-order valence-corrected chi connectivity index (χ0v) is 15.8. The Labute approximate surface area is 163 Å². The minimum Gasteiger partial charge on any atom is -0.372 e. The number of hydrogen-bond donors (Lipinski definition) is 2. The van der Waals surface area contributed by atoms with E-state index in [4.69, 9.17) is 12.2 Å². The molecule has 0 bridgehead atoms. The summed E-state index contributed by atoms with van der Waals surface area (Å²) in [6, 6.07) is 17.7. The van der Waals surface area contributed by atoms with Gasteiger partial charge in [0.05, 0.1) is 0 Å². The highest BCUT2D eigenvalue weighted by molar-refractivity contribution is 7.71. The van der Waals surface area contributed by atoms with Crippen LogP contribution in [0.3, 0.4) is 0 Å². The molecule has 0 aliphatic carbocycles. The zero-order chi connectivity index (χ0) is 18.6. The molecule has 1 fully saturated rings. The number of rotatable bonds is 4. The first-order chi connectivity index (χ1) is 13.2. The molecule has 2 aromatic carbocycles. The van der Waals surface area contributed by atoms with Crippen LogP contribution in [0.15, 0.2) is 60.8 Å². The number of nitrogens with one attached hydrogen (secondary N) is 2. The SMILES string of the molecule is O=C(Nc1ccc(N2CCCCC2)cc1)c1c[nH]c(=S)n1-c1ccccc1. The number of para-hydroxylation sites is 1. The molecule has 5 nitrogen and oxygen atoms in total. The average Bonchev–Trinajstić information content (AvgIpc) is 3.11. The van der Waals surface area contributed by atoms with E-state index in [0.717, 1.165) is 24.5 Å². The number of nitrogens with zero attached hydrogens (tertiary/aromatic N) is 2. The number of hydrogen-bond acceptors (Lipinski definition) is 3. The molecule has 27 heavy (non-hydrogen) atoms. The first kappa shape index (κ1) is 17.5. The molecule has 4 rings (SSSR count). The summed E-state index contributed by atoms with van der Waals surface area (Å²) in [4.78, 5) is 18.2. The van der Waals surface area contributed by atoms with Crippen LogP contribution in [0.25, 0.3) is 5.69 Å². The van der Waals surface area contributed by atoms with E-state index in [-0.39, 0.29) is 5.91 Å². The number of aromatic amines is 1. The third-order valence-corrected chi connectivity index (χ3v) is 5.17. The maximum Gasteiger partial charge on any atom is 0.274 e. The molecule has 2 heterocycles. The molecule has 6 heteroatoms. The highest BCUT2D eigenvalue weighted by Crippen LogP contribution is 2.22. The summed E-state index contributed by atoms with van der Waals surface area (Å²) in [5.74, 6) is -0.197. The van der Waals surface area contributed by atoms with Crippen LogP contribution in [0.4, 0.5) is 11.4 Å². The lowest BCUT2D eigenvalue weighted by molar-refractivity contribution is 0.102. The van der Waals surface area contributed by atoms with Crippen molar-refractivity contribution in [2.45, 2.75) is 19.3 Å². The van der Waals surface area contributed by atoms with Gasteiger partial charge in [0.2, 0.25) is 0 Å². The molecule has 138 valence electrons. The quantitative estimate of drug-likeness (QED) is 0.643. The Morgan fingerprint density at radius 3 is 2.33 bits per heavy atom. The van der Waals surface area contributed by atoms with Crippen molar-refractivity contribution in [1.82, 2.24) is 9.55 Å². The molecule has 2 N–H and O–H groups in total. The molecule has 1 aliphatic heterocycles. The van der Waals surface area contributed by atoms with Gasteiger partial charge in [0.1, 0.15) is 5.69 Å². The Morgan fingerprint density at radius 1 is 0.926 bits per heavy atom. The fraction of sp³-hybridized carbons (Fsp3) is 0.238. The average molecular weight is 379 g/mol. The van der Waals surface area contributed by atoms with Gasteiger partial charge in [0.25, 0.3) is 5.91 Å². The molecular weight excluding hydrogens is 356 g/mol. The fourth-order valence-corrected chi connectivity index (χ4v) is 3.73. The molecule has 0 unspecified atom stereocenters. The number of amides is 1. The smallest absolute Gasteiger partial charge is 0.274 e. The van der Waals surface area contributed by atoms with E-state index in [1.165, 1.54) is 24.9 Å². The summed E-state index contributed by atoms with van der Waals surface area (Å²) in [6.07, 6.45) is 5.45. The van der Waals surface area contributed by atoms with Gasteiger partial charge in [-0.25, -0.2) is 0 Å². The Balaban J connectivity index is 1.52. The number of aromatic nitrogens is 2. The second kappa shape index (κ2) is 7.80. The number of imidazole rings is 1. The molecule has 0 atom stereocenters. The van der Waals surface area contributed by atoms with Crippen molar-refractivity contribution < 1.29 is 4.79 Å². The summed E-state index contributed by atoms with van der Waals surface area (Å²) < 4.78 is 2.24. The van der Waals surface area contributed by atoms with E-state index in [1.807, 2.05) is 42.5 Å². The first-order valence-corrected chi connectivity index (χ1v) is 9.65. The molecule has 1 aromatic heterocycles. The summed E-state index contributed by atoms with van der Waals surface area (Å²) in [5.41, 5.74) is 3.31. The highest BCUT2D eigenvalue weighted by atomic mass is 32.1. The Bertz CT molecular complexity index is 969. The van der Waals surface area contributed by atoms with Gasteiger partial charge < -0.3 is 15.2 Å². The summed E-state index contributed by atoms with van der Waals surface area (Å²) in [7, 11) is 0. The monoisotopic (exact) mass is 378 g/mol. The molecule has 0 radical (unpaired) electrons. The van der Waals surface area contributed by atoms with E-state index in [2.05, 4.69) is 27.3 Å². The fourth-order valence-electron chi connectivity index (χ4n) is 3.47. The molecule has 3 aromatic rings. The van der Waals surface area contributed by atoms with Crippen LogP contribution in [0, 0.1) is 4.77 Å². The minimum absolute atomic E-state index is 0.197. The lowest BCUT2D eigenvalue weighted by Crippen LogP contribution is -2.29. The van der Waals surface area contributed by atoms with E-state index in [1.54, 1.807) is 10.8 Å². The number of H-pyrrole nitrogens is 1. The van der Waals surface area contributed by atoms with Gasteiger partial charge in [-0.2, -0.15) is 0 Å². The maximum absolute atomic E-state index is 12.8. The predicted molar refractivity (Wildman–Crippen MR) is 111 cm³/mol. The Morgan fingerprint density at radius 2 is 1.63 bits per heavy atom. The minimum atomic E-state index is -0.197. The summed E-state index contributed by atoms with van der Waals surface area (Å²) in [5, 5.41) is 2.97. The lowest BCUT2D eigenvalue weighted by Gasteiger charge is -2.28. The molecule has 0 spiro atoms. The lowest BCUT2D eigenvalue weighted by atomic mass is 10.1. The zero-order valence-electron chi connectivity index (χ0n) is 15.0. The topological polar surface area (TPSA) is 53.1 Å². The van der Waals surface area contributed by atoms with Crippen molar-refractivity contribution in [3.8, 4) is 5.69 Å². The summed E-state index contributed by atoms with van der Waals surface area (Å²) >= 11 is 5.35. The van der Waals surface area contributed by atoms with Gasteiger partial charge in [0.15, 0.2) is 4.77 Å². The Kier molecular flexibility index (Phi) is 5.07. The third-order valence-electron chi connectivity index (χ3n) is 4.87. The number of anilines is 2. The normalized spacial score (nSPS) is 14.1. The van der Waals surface area contributed by atoms with Crippen LogP contribution < -0.4 is 10.2 Å². The van der Waals surface area contributed by atoms with Gasteiger partial charge in [-0.05, 0) is 67.9 Å². The predicted octanol–water partition coefficient (Wildman–Crippen LogP) is 4.78. The molecule has 1 aliphatic rings. The van der Waals surface area contributed by atoms with Crippen LogP contribution in [0.5, 0.6) is 0 Å². The Hall–Kier alpha value is -2.86. The van der Waals surface area contributed by atoms with Crippen molar-refractivity contribution in [3.05, 3.63) is 71.3 Å². The van der Waals surface area contributed by atoms with Crippen molar-refractivity contribution in [3.63, 3.8) is 0 Å². The largest absolute Gasteiger partial charge is 0.372 e. The molecule has 1 saturated heterocycles. The standard InChI is InChI=1S/C21H22N4OS/c26-20(19-15-22-21(27)25(19)18-7-3-1-4-8-18)23-16-9-11-17(12-10-16)24-13-5-2-6-14-24/h1,3-4,7-12,15H,2,5-6,13-14H2,(H,22,27)(H,23,26). The van der Waals surface area contributed by atoms with Gasteiger partial charge in [-0.3, -0.25) is 9.36 Å². The maximum atomic E-state index is 12.8. The second-order valence-electron chi connectivity index (χ2n) is 6.70. The molecular formula is C21H22N4OS. The van der Waals surface area contributed by atoms with Crippen molar-refractivity contribution >= 4 is 29.5 Å². The number of carbonyl (C=O) groups is 1. The number of benzene rings is 2. The second-order valence-corrected chi connectivity index (χ2v) is 7.09. The van der Waals surface area contributed by atoms with Crippen molar-refractivity contribution in [2.24, 2.45) is 0 Å². The van der Waals surface area contributed by atoms with Gasteiger partial charge in [-0.1, -0.05) is 18.2 Å². The van der Waals surface area contributed by atoms with Gasteiger partial charge in [-0.15, -0.1) is 0 Å². The van der Waals surface area contributed by atoms with Crippen LogP contribution in [0.2, 0.25) is 0 Å². The third kappa shape index (κ3) is 3.80. The first-order valence-electron chi connectivity index (χ1n) is 9.24. The van der Waals surface area contributed by atoms with Crippen molar-refractivity contribution in [1.29, 1.82) is 0 Å². The van der Waals surface area contributed by atoms with Gasteiger partial charge in [0, 0.05) is 36.3 Å². The van der Waals surface area contributed by atoms with Crippen LogP contribution >= 0.6 is 12.2 Å². The van der Waals surface area contributed by atoms with Crippen molar-refractivity contribution in [2.75, 3.05) is 23.3 Å². The number of carbonyl (C=O) groups excluding carboxylic acids is 1. The van der Waals surface area contributed by atoms with Gasteiger partial charge >= 0.3 is 0 Å². The summed E-state index contributed by atoms with van der Waals surface area (Å²) in [6.45, 7) is 2.21. The van der Waals surface area contributed by atoms with Crippen LogP contribution in [0.1, 0.15) is 29.8 Å². The van der Waals surface area contributed by atoms with E-state index in [9.17, 15) is 4.79 Å². The molecule has 0 saturated carbocycles. The van der Waals surface area contributed by atoms with Crippen LogP contribution in [-0.2, 0) is 0 Å². The highest BCUT2D eigenvalue weighted by Gasteiger charge is 2.15. The van der Waals surface area contributed by atoms with E-state index in [0.29, 0.717) is 10.5 Å².